The maximum absolute atomic E-state index is 5.52. The van der Waals surface area contributed by atoms with E-state index in [9.17, 15) is 0 Å². The van der Waals surface area contributed by atoms with Gasteiger partial charge in [-0.05, 0) is 12.3 Å². The number of hydrogen-bond donors (Lipinski definition) is 1. The van der Waals surface area contributed by atoms with E-state index in [1.54, 1.807) is 0 Å². The Hall–Kier alpha value is -0.120. The molecule has 0 atom stereocenters. The van der Waals surface area contributed by atoms with Crippen molar-refractivity contribution in [2.45, 2.75) is 27.2 Å². The summed E-state index contributed by atoms with van der Waals surface area (Å²) < 4.78 is 10.7. The number of ether oxygens (including phenoxy) is 2. The second-order valence-corrected chi connectivity index (χ2v) is 5.28. The number of hydrogen-bond acceptors (Lipinski definition) is 3. The molecule has 1 N–H and O–H groups in total. The molecule has 0 aliphatic carbocycles. The van der Waals surface area contributed by atoms with E-state index in [0.717, 1.165) is 51.9 Å². The first-order valence-electron chi connectivity index (χ1n) is 5.99. The summed E-state index contributed by atoms with van der Waals surface area (Å²) in [7, 11) is 0. The zero-order chi connectivity index (χ0) is 11.1. The minimum absolute atomic E-state index is 0.373. The summed E-state index contributed by atoms with van der Waals surface area (Å²) in [6.45, 7) is 12.2. The van der Waals surface area contributed by atoms with Crippen molar-refractivity contribution in [3.63, 3.8) is 0 Å². The molecule has 0 spiro atoms. The van der Waals surface area contributed by atoms with Crippen LogP contribution in [0.15, 0.2) is 0 Å². The van der Waals surface area contributed by atoms with Gasteiger partial charge >= 0.3 is 0 Å². The van der Waals surface area contributed by atoms with Gasteiger partial charge in [-0.1, -0.05) is 20.8 Å². The molecule has 1 heterocycles. The quantitative estimate of drug-likeness (QED) is 0.625. The van der Waals surface area contributed by atoms with E-state index >= 15 is 0 Å². The molecule has 0 amide bonds. The third-order valence-corrected chi connectivity index (χ3v) is 2.72. The molecule has 1 fully saturated rings. The molecule has 90 valence electrons. The standard InChI is InChI=1S/C12H25NO2/c1-11(2)4-6-14-7-5-13-8-12(3)9-15-10-12/h11,13H,4-10H2,1-3H3. The zero-order valence-electron chi connectivity index (χ0n) is 10.3. The van der Waals surface area contributed by atoms with E-state index in [1.807, 2.05) is 0 Å². The van der Waals surface area contributed by atoms with Gasteiger partial charge in [0.2, 0.25) is 0 Å². The van der Waals surface area contributed by atoms with Crippen molar-refractivity contribution in [3.8, 4) is 0 Å². The summed E-state index contributed by atoms with van der Waals surface area (Å²) in [6.07, 6.45) is 1.16. The summed E-state index contributed by atoms with van der Waals surface area (Å²) >= 11 is 0. The Morgan fingerprint density at radius 1 is 1.33 bits per heavy atom. The molecule has 1 rings (SSSR count). The summed E-state index contributed by atoms with van der Waals surface area (Å²) in [6, 6.07) is 0. The summed E-state index contributed by atoms with van der Waals surface area (Å²) in [5.74, 6) is 0.740. The van der Waals surface area contributed by atoms with Crippen LogP contribution in [0.1, 0.15) is 27.2 Å². The molecule has 3 heteroatoms. The molecule has 1 saturated heterocycles. The van der Waals surface area contributed by atoms with Crippen LogP contribution in [0.2, 0.25) is 0 Å². The van der Waals surface area contributed by atoms with Gasteiger partial charge in [-0.15, -0.1) is 0 Å². The predicted octanol–water partition coefficient (Wildman–Crippen LogP) is 1.68. The fourth-order valence-electron chi connectivity index (χ4n) is 1.51. The summed E-state index contributed by atoms with van der Waals surface area (Å²) in [5, 5.41) is 3.41. The van der Waals surface area contributed by atoms with E-state index in [1.165, 1.54) is 0 Å². The molecule has 3 nitrogen and oxygen atoms in total. The highest BCUT2D eigenvalue weighted by atomic mass is 16.5. The summed E-state index contributed by atoms with van der Waals surface area (Å²) in [4.78, 5) is 0. The lowest BCUT2D eigenvalue weighted by molar-refractivity contribution is -0.0993. The van der Waals surface area contributed by atoms with E-state index in [-0.39, 0.29) is 0 Å². The van der Waals surface area contributed by atoms with Crippen LogP contribution in [-0.4, -0.2) is 39.5 Å². The maximum Gasteiger partial charge on any atom is 0.0590 e. The molecule has 0 aromatic carbocycles. The van der Waals surface area contributed by atoms with Crippen LogP contribution >= 0.6 is 0 Å². The van der Waals surface area contributed by atoms with Crippen molar-refractivity contribution in [3.05, 3.63) is 0 Å². The Morgan fingerprint density at radius 2 is 2.07 bits per heavy atom. The van der Waals surface area contributed by atoms with E-state index in [4.69, 9.17) is 9.47 Å². The van der Waals surface area contributed by atoms with Gasteiger partial charge in [-0.3, -0.25) is 0 Å². The monoisotopic (exact) mass is 215 g/mol. The Morgan fingerprint density at radius 3 is 2.60 bits per heavy atom. The Labute approximate surface area is 93.5 Å². The predicted molar refractivity (Wildman–Crippen MR) is 62.1 cm³/mol. The molecule has 1 aliphatic heterocycles. The first-order chi connectivity index (χ1) is 7.12. The molecule has 15 heavy (non-hydrogen) atoms. The fraction of sp³-hybridized carbons (Fsp3) is 1.00. The Bertz CT molecular complexity index is 167. The summed E-state index contributed by atoms with van der Waals surface area (Å²) in [5.41, 5.74) is 0.373. The molecule has 0 aromatic rings. The van der Waals surface area contributed by atoms with E-state index < -0.39 is 0 Å². The molecular weight excluding hydrogens is 190 g/mol. The van der Waals surface area contributed by atoms with Crippen molar-refractivity contribution in [1.29, 1.82) is 0 Å². The van der Waals surface area contributed by atoms with Crippen molar-refractivity contribution < 1.29 is 9.47 Å². The van der Waals surface area contributed by atoms with Gasteiger partial charge in [0.25, 0.3) is 0 Å². The maximum atomic E-state index is 5.52. The van der Waals surface area contributed by atoms with Crippen LogP contribution in [0.25, 0.3) is 0 Å². The van der Waals surface area contributed by atoms with Gasteiger partial charge in [0.05, 0.1) is 19.8 Å². The molecular formula is C12H25NO2. The second kappa shape index (κ2) is 6.46. The second-order valence-electron chi connectivity index (χ2n) is 5.28. The van der Waals surface area contributed by atoms with Crippen molar-refractivity contribution in [2.24, 2.45) is 11.3 Å². The van der Waals surface area contributed by atoms with Crippen molar-refractivity contribution in [1.82, 2.24) is 5.32 Å². The van der Waals surface area contributed by atoms with Crippen LogP contribution in [0.5, 0.6) is 0 Å². The highest BCUT2D eigenvalue weighted by Gasteiger charge is 2.32. The molecule has 0 aromatic heterocycles. The average molecular weight is 215 g/mol. The molecule has 0 bridgehead atoms. The molecule has 0 radical (unpaired) electrons. The van der Waals surface area contributed by atoms with Crippen LogP contribution < -0.4 is 5.32 Å². The third kappa shape index (κ3) is 5.50. The van der Waals surface area contributed by atoms with Gasteiger partial charge in [0, 0.05) is 25.1 Å². The average Bonchev–Trinajstić information content (AvgIpc) is 2.13. The van der Waals surface area contributed by atoms with Crippen LogP contribution in [0, 0.1) is 11.3 Å². The Balaban J connectivity index is 1.81. The van der Waals surface area contributed by atoms with Gasteiger partial charge in [-0.2, -0.15) is 0 Å². The van der Waals surface area contributed by atoms with E-state index in [0.29, 0.717) is 5.41 Å². The largest absolute Gasteiger partial charge is 0.380 e. The lowest BCUT2D eigenvalue weighted by atomic mass is 9.89. The minimum Gasteiger partial charge on any atom is -0.380 e. The Kier molecular flexibility index (Phi) is 5.58. The third-order valence-electron chi connectivity index (χ3n) is 2.72. The van der Waals surface area contributed by atoms with Crippen LogP contribution in [0.4, 0.5) is 0 Å². The van der Waals surface area contributed by atoms with Gasteiger partial charge in [0.1, 0.15) is 0 Å². The zero-order valence-corrected chi connectivity index (χ0v) is 10.3. The lowest BCUT2D eigenvalue weighted by Gasteiger charge is -2.38. The van der Waals surface area contributed by atoms with Gasteiger partial charge < -0.3 is 14.8 Å². The fourth-order valence-corrected chi connectivity index (χ4v) is 1.51. The minimum atomic E-state index is 0.373. The smallest absolute Gasteiger partial charge is 0.0590 e. The van der Waals surface area contributed by atoms with Crippen molar-refractivity contribution >= 4 is 0 Å². The van der Waals surface area contributed by atoms with Crippen LogP contribution in [-0.2, 0) is 9.47 Å². The highest BCUT2D eigenvalue weighted by Crippen LogP contribution is 2.24. The first kappa shape index (κ1) is 12.9. The van der Waals surface area contributed by atoms with Crippen LogP contribution in [0.3, 0.4) is 0 Å². The normalized spacial score (nSPS) is 19.2. The van der Waals surface area contributed by atoms with E-state index in [2.05, 4.69) is 26.1 Å². The number of rotatable bonds is 8. The molecule has 1 aliphatic rings. The highest BCUT2D eigenvalue weighted by molar-refractivity contribution is 4.82. The first-order valence-corrected chi connectivity index (χ1v) is 5.99. The molecule has 0 saturated carbocycles. The SMILES string of the molecule is CC(C)CCOCCNCC1(C)COC1. The topological polar surface area (TPSA) is 30.5 Å². The lowest BCUT2D eigenvalue weighted by Crippen LogP contribution is -2.47. The molecule has 0 unspecified atom stereocenters. The van der Waals surface area contributed by atoms with Crippen molar-refractivity contribution in [2.75, 3.05) is 39.5 Å². The van der Waals surface area contributed by atoms with Gasteiger partial charge in [-0.25, -0.2) is 0 Å². The van der Waals surface area contributed by atoms with Gasteiger partial charge in [0.15, 0.2) is 0 Å². The number of nitrogens with one attached hydrogen (secondary N) is 1.